The first kappa shape index (κ1) is 39.2. The van der Waals surface area contributed by atoms with Gasteiger partial charge in [-0.1, -0.05) is 72.7 Å². The Morgan fingerprint density at radius 2 is 1.78 bits per heavy atom. The minimum atomic E-state index is -0.462. The van der Waals surface area contributed by atoms with E-state index in [0.29, 0.717) is 29.9 Å². The van der Waals surface area contributed by atoms with Crippen molar-refractivity contribution in [1.29, 1.82) is 0 Å². The van der Waals surface area contributed by atoms with Crippen molar-refractivity contribution in [2.45, 2.75) is 118 Å². The van der Waals surface area contributed by atoms with Gasteiger partial charge in [0.25, 0.3) is 5.91 Å². The Kier molecular flexibility index (Phi) is 13.7. The second-order valence-electron chi connectivity index (χ2n) is 16.2. The molecular formula is C40H63N7O3. The molecule has 0 radical (unpaired) electrons. The Morgan fingerprint density at radius 3 is 2.40 bits per heavy atom. The minimum absolute atomic E-state index is 0.0843. The summed E-state index contributed by atoms with van der Waals surface area (Å²) in [5, 5.41) is 10.7. The summed E-state index contributed by atoms with van der Waals surface area (Å²) in [6.07, 6.45) is 7.83. The lowest BCUT2D eigenvalue weighted by Crippen LogP contribution is -2.55. The summed E-state index contributed by atoms with van der Waals surface area (Å²) in [6.45, 7) is 16.6. The number of nitrogens with one attached hydrogen (secondary N) is 4. The molecule has 2 fully saturated rings. The summed E-state index contributed by atoms with van der Waals surface area (Å²) in [7, 11) is 1.68. The van der Waals surface area contributed by atoms with Crippen LogP contribution < -0.4 is 32.1 Å². The van der Waals surface area contributed by atoms with Gasteiger partial charge in [-0.15, -0.1) is 5.10 Å². The number of nitrogens with zero attached hydrogens (tertiary/aromatic N) is 2. The summed E-state index contributed by atoms with van der Waals surface area (Å²) in [5.74, 6) is 2.82. The molecule has 4 rings (SSSR count). The molecule has 1 aliphatic heterocycles. The highest BCUT2D eigenvalue weighted by Crippen LogP contribution is 2.49. The first-order valence-electron chi connectivity index (χ1n) is 18.7. The molecule has 10 nitrogen and oxygen atoms in total. The number of amides is 2. The third-order valence-electron chi connectivity index (χ3n) is 10.3. The van der Waals surface area contributed by atoms with Crippen LogP contribution in [-0.4, -0.2) is 48.4 Å². The summed E-state index contributed by atoms with van der Waals surface area (Å²) < 4.78 is 6.16. The molecule has 1 saturated carbocycles. The van der Waals surface area contributed by atoms with Crippen LogP contribution in [0.2, 0.25) is 0 Å². The number of amidine groups is 1. The zero-order valence-corrected chi connectivity index (χ0v) is 31.8. The number of hydrogen-bond donors (Lipinski definition) is 5. The molecule has 2 amide bonds. The van der Waals surface area contributed by atoms with Crippen molar-refractivity contribution < 1.29 is 14.3 Å². The SMILES string of the molecule is CNNN=C(N)CNC(=O)c1ccc(C(CCC(C)(C)C)N2C(=O)C(c3cccc(OCCCC(C)C)c3)NC23CCC(C(C)C)CC3)cc1. The number of hydrazone groups is 1. The monoisotopic (exact) mass is 689 g/mol. The van der Waals surface area contributed by atoms with Gasteiger partial charge in [-0.2, -0.15) is 0 Å². The molecular weight excluding hydrogens is 626 g/mol. The molecule has 1 aliphatic carbocycles. The third kappa shape index (κ3) is 10.4. The number of carbonyl (C=O) groups is 2. The summed E-state index contributed by atoms with van der Waals surface area (Å²) in [5.41, 5.74) is 13.2. The van der Waals surface area contributed by atoms with E-state index in [-0.39, 0.29) is 35.7 Å². The van der Waals surface area contributed by atoms with Crippen LogP contribution in [0, 0.1) is 23.2 Å². The average molecular weight is 690 g/mol. The zero-order chi connectivity index (χ0) is 36.5. The predicted molar refractivity (Wildman–Crippen MR) is 202 cm³/mol. The topological polar surface area (TPSA) is 133 Å². The predicted octanol–water partition coefficient (Wildman–Crippen LogP) is 6.81. The van der Waals surface area contributed by atoms with Crippen molar-refractivity contribution in [1.82, 2.24) is 26.5 Å². The van der Waals surface area contributed by atoms with Gasteiger partial charge in [-0.05, 0) is 110 Å². The highest BCUT2D eigenvalue weighted by Gasteiger charge is 2.54. The van der Waals surface area contributed by atoms with Crippen LogP contribution in [0.1, 0.15) is 133 Å². The van der Waals surface area contributed by atoms with Gasteiger partial charge in [0.15, 0.2) is 0 Å². The van der Waals surface area contributed by atoms with Crippen LogP contribution in [0.25, 0.3) is 0 Å². The first-order valence-corrected chi connectivity index (χ1v) is 18.7. The number of rotatable bonds is 16. The van der Waals surface area contributed by atoms with Crippen molar-refractivity contribution in [3.8, 4) is 5.75 Å². The van der Waals surface area contributed by atoms with Crippen molar-refractivity contribution in [2.75, 3.05) is 20.2 Å². The van der Waals surface area contributed by atoms with Crippen molar-refractivity contribution >= 4 is 17.6 Å². The molecule has 2 aromatic rings. The van der Waals surface area contributed by atoms with E-state index in [1.165, 1.54) is 0 Å². The number of carbonyl (C=O) groups excluding carboxylic acids is 2. The quantitative estimate of drug-likeness (QED) is 0.0566. The summed E-state index contributed by atoms with van der Waals surface area (Å²) in [4.78, 5) is 30.1. The average Bonchev–Trinajstić information content (AvgIpc) is 3.35. The minimum Gasteiger partial charge on any atom is -0.494 e. The fourth-order valence-electron chi connectivity index (χ4n) is 7.37. The van der Waals surface area contributed by atoms with E-state index in [4.69, 9.17) is 10.5 Å². The molecule has 2 aliphatic rings. The second kappa shape index (κ2) is 17.5. The zero-order valence-electron chi connectivity index (χ0n) is 31.8. The van der Waals surface area contributed by atoms with Gasteiger partial charge in [0.2, 0.25) is 5.91 Å². The first-order chi connectivity index (χ1) is 23.7. The molecule has 2 aromatic carbocycles. The molecule has 1 spiro atoms. The smallest absolute Gasteiger partial charge is 0.251 e. The van der Waals surface area contributed by atoms with Crippen molar-refractivity contribution in [2.24, 2.45) is 34.0 Å². The Bertz CT molecular complexity index is 1430. The van der Waals surface area contributed by atoms with Gasteiger partial charge in [-0.3, -0.25) is 14.9 Å². The van der Waals surface area contributed by atoms with E-state index in [2.05, 4.69) is 86.1 Å². The number of benzene rings is 2. The van der Waals surface area contributed by atoms with E-state index in [1.54, 1.807) is 7.05 Å². The van der Waals surface area contributed by atoms with Gasteiger partial charge >= 0.3 is 0 Å². The van der Waals surface area contributed by atoms with Crippen LogP contribution in [0.15, 0.2) is 53.6 Å². The highest BCUT2D eigenvalue weighted by atomic mass is 16.5. The standard InChI is InChI=1S/C40H63N7O3/c1-27(2)11-10-24-50-33-13-9-12-32(25-33)36-38(49)47(40(44-36)22-18-29(19-23-40)28(3)4)34(20-21-39(5,6)7)30-14-16-31(17-15-30)37(48)43-26-35(41)45-46-42-8/h9,12-17,25,27-29,34,36,42,44,46H,10-11,18-24,26H2,1-8H3,(H2,41,45)(H,43,48). The maximum Gasteiger partial charge on any atom is 0.251 e. The van der Waals surface area contributed by atoms with E-state index in [1.807, 2.05) is 42.5 Å². The van der Waals surface area contributed by atoms with E-state index < -0.39 is 11.7 Å². The van der Waals surface area contributed by atoms with Gasteiger partial charge < -0.3 is 20.7 Å². The lowest BCUT2D eigenvalue weighted by molar-refractivity contribution is -0.137. The molecule has 1 heterocycles. The summed E-state index contributed by atoms with van der Waals surface area (Å²) >= 11 is 0. The molecule has 276 valence electrons. The maximum absolute atomic E-state index is 14.9. The van der Waals surface area contributed by atoms with Gasteiger partial charge in [0.05, 0.1) is 24.9 Å². The molecule has 0 aromatic heterocycles. The maximum atomic E-state index is 14.9. The Morgan fingerprint density at radius 1 is 1.08 bits per heavy atom. The molecule has 50 heavy (non-hydrogen) atoms. The fourth-order valence-corrected chi connectivity index (χ4v) is 7.37. The van der Waals surface area contributed by atoms with Gasteiger partial charge in [0, 0.05) is 12.6 Å². The van der Waals surface area contributed by atoms with Crippen LogP contribution in [0.5, 0.6) is 5.75 Å². The lowest BCUT2D eigenvalue weighted by atomic mass is 9.75. The fraction of sp³-hybridized carbons (Fsp3) is 0.625. The van der Waals surface area contributed by atoms with Crippen LogP contribution in [-0.2, 0) is 4.79 Å². The normalized spacial score (nSPS) is 22.0. The van der Waals surface area contributed by atoms with E-state index in [9.17, 15) is 9.59 Å². The number of ether oxygens (including phenoxy) is 1. The Balaban J connectivity index is 1.65. The van der Waals surface area contributed by atoms with Gasteiger partial charge in [-0.25, -0.2) is 11.0 Å². The molecule has 2 unspecified atom stereocenters. The third-order valence-corrected chi connectivity index (χ3v) is 10.3. The van der Waals surface area contributed by atoms with Crippen molar-refractivity contribution in [3.05, 3.63) is 65.2 Å². The number of hydrazine groups is 1. The number of hydrogen-bond acceptors (Lipinski definition) is 7. The van der Waals surface area contributed by atoms with Crippen LogP contribution in [0.4, 0.5) is 0 Å². The Labute approximate surface area is 300 Å². The molecule has 10 heteroatoms. The van der Waals surface area contributed by atoms with Crippen LogP contribution in [0.3, 0.4) is 0 Å². The number of nitrogens with two attached hydrogens (primary N) is 1. The second-order valence-corrected chi connectivity index (χ2v) is 16.2. The van der Waals surface area contributed by atoms with E-state index >= 15 is 0 Å². The molecule has 6 N–H and O–H groups in total. The molecule has 0 bridgehead atoms. The van der Waals surface area contributed by atoms with E-state index in [0.717, 1.165) is 68.2 Å². The van der Waals surface area contributed by atoms with Crippen molar-refractivity contribution in [3.63, 3.8) is 0 Å². The Hall–Kier alpha value is -3.63. The lowest BCUT2D eigenvalue weighted by Gasteiger charge is -2.48. The highest BCUT2D eigenvalue weighted by molar-refractivity contribution is 5.97. The van der Waals surface area contributed by atoms with Crippen LogP contribution >= 0.6 is 0 Å². The summed E-state index contributed by atoms with van der Waals surface area (Å²) in [6, 6.07) is 15.2. The molecule has 2 atom stereocenters. The molecule has 1 saturated heterocycles. The largest absolute Gasteiger partial charge is 0.494 e. The van der Waals surface area contributed by atoms with Gasteiger partial charge in [0.1, 0.15) is 17.6 Å².